The number of hydrogen-bond acceptors (Lipinski definition) is 5. The summed E-state index contributed by atoms with van der Waals surface area (Å²) in [5, 5.41) is 24.2. The van der Waals surface area contributed by atoms with E-state index >= 15 is 0 Å². The fourth-order valence-electron chi connectivity index (χ4n) is 2.23. The maximum atomic E-state index is 12.3. The number of carbonyl (C=O) groups is 1. The summed E-state index contributed by atoms with van der Waals surface area (Å²) >= 11 is 5.90. The molecule has 24 heavy (non-hydrogen) atoms. The Morgan fingerprint density at radius 3 is 2.29 bits per heavy atom. The highest BCUT2D eigenvalue weighted by molar-refractivity contribution is 6.34. The zero-order valence-electron chi connectivity index (χ0n) is 12.7. The number of halogens is 1. The summed E-state index contributed by atoms with van der Waals surface area (Å²) in [4.78, 5) is 33.0. The van der Waals surface area contributed by atoms with Crippen LogP contribution in [0.4, 0.5) is 17.1 Å². The van der Waals surface area contributed by atoms with Gasteiger partial charge in [0.25, 0.3) is 17.3 Å². The predicted molar refractivity (Wildman–Crippen MR) is 88.6 cm³/mol. The molecule has 0 saturated heterocycles. The third kappa shape index (κ3) is 3.49. The van der Waals surface area contributed by atoms with Crippen molar-refractivity contribution in [1.29, 1.82) is 0 Å². The number of nitro groups is 2. The van der Waals surface area contributed by atoms with Gasteiger partial charge < -0.3 is 5.32 Å². The van der Waals surface area contributed by atoms with Crippen LogP contribution in [-0.2, 0) is 0 Å². The molecule has 0 aliphatic rings. The Kier molecular flexibility index (Phi) is 4.79. The van der Waals surface area contributed by atoms with Gasteiger partial charge in [-0.05, 0) is 31.0 Å². The molecular formula is C15H12ClN3O5. The van der Waals surface area contributed by atoms with Crippen LogP contribution >= 0.6 is 11.6 Å². The molecule has 0 unspecified atom stereocenters. The fraction of sp³-hybridized carbons (Fsp3) is 0.133. The number of amides is 1. The van der Waals surface area contributed by atoms with E-state index in [9.17, 15) is 25.0 Å². The summed E-state index contributed by atoms with van der Waals surface area (Å²) in [6.45, 7) is 3.34. The van der Waals surface area contributed by atoms with Crippen molar-refractivity contribution in [2.24, 2.45) is 0 Å². The number of hydrogen-bond donors (Lipinski definition) is 1. The zero-order chi connectivity index (χ0) is 18.0. The van der Waals surface area contributed by atoms with Crippen molar-refractivity contribution < 1.29 is 14.6 Å². The van der Waals surface area contributed by atoms with Crippen LogP contribution in [-0.4, -0.2) is 15.8 Å². The average molecular weight is 350 g/mol. The molecule has 0 spiro atoms. The van der Waals surface area contributed by atoms with E-state index in [4.69, 9.17) is 11.6 Å². The third-order valence-electron chi connectivity index (χ3n) is 3.30. The Morgan fingerprint density at radius 2 is 1.75 bits per heavy atom. The van der Waals surface area contributed by atoms with E-state index in [1.165, 1.54) is 12.1 Å². The molecular weight excluding hydrogens is 338 g/mol. The number of nitro benzene ring substituents is 2. The second kappa shape index (κ2) is 6.63. The van der Waals surface area contributed by atoms with Crippen molar-refractivity contribution in [2.75, 3.05) is 5.32 Å². The van der Waals surface area contributed by atoms with Gasteiger partial charge in [-0.2, -0.15) is 0 Å². The molecule has 2 rings (SSSR count). The summed E-state index contributed by atoms with van der Waals surface area (Å²) in [5.41, 5.74) is 0.758. The molecule has 0 atom stereocenters. The molecule has 2 aromatic carbocycles. The highest BCUT2D eigenvalue weighted by Crippen LogP contribution is 2.31. The normalized spacial score (nSPS) is 10.3. The Balaban J connectivity index is 2.41. The van der Waals surface area contributed by atoms with E-state index < -0.39 is 15.8 Å². The molecule has 0 fully saturated rings. The second-order valence-electron chi connectivity index (χ2n) is 5.11. The van der Waals surface area contributed by atoms with Gasteiger partial charge in [-0.1, -0.05) is 17.7 Å². The quantitative estimate of drug-likeness (QED) is 0.660. The van der Waals surface area contributed by atoms with E-state index in [1.54, 1.807) is 19.9 Å². The molecule has 1 amide bonds. The van der Waals surface area contributed by atoms with Gasteiger partial charge in [0.2, 0.25) is 0 Å². The predicted octanol–water partition coefficient (Wildman–Crippen LogP) is 4.03. The topological polar surface area (TPSA) is 115 Å². The first-order valence-electron chi connectivity index (χ1n) is 6.71. The molecule has 0 saturated carbocycles. The number of anilines is 1. The first-order valence-corrected chi connectivity index (χ1v) is 7.09. The van der Waals surface area contributed by atoms with Crippen molar-refractivity contribution in [3.05, 3.63) is 72.3 Å². The van der Waals surface area contributed by atoms with Gasteiger partial charge in [-0.3, -0.25) is 25.0 Å². The molecule has 0 aromatic heterocycles. The minimum absolute atomic E-state index is 0.0171. The van der Waals surface area contributed by atoms with E-state index in [1.807, 2.05) is 0 Å². The third-order valence-corrected chi connectivity index (χ3v) is 3.62. The lowest BCUT2D eigenvalue weighted by atomic mass is 10.1. The van der Waals surface area contributed by atoms with Gasteiger partial charge in [0, 0.05) is 18.2 Å². The number of rotatable bonds is 4. The van der Waals surface area contributed by atoms with E-state index in [2.05, 4.69) is 5.32 Å². The minimum Gasteiger partial charge on any atom is -0.316 e. The van der Waals surface area contributed by atoms with E-state index in [0.717, 1.165) is 12.1 Å². The van der Waals surface area contributed by atoms with Crippen LogP contribution in [0.3, 0.4) is 0 Å². The number of nitrogens with one attached hydrogen (secondary N) is 1. The van der Waals surface area contributed by atoms with Crippen LogP contribution in [0.5, 0.6) is 0 Å². The van der Waals surface area contributed by atoms with Crippen molar-refractivity contribution >= 4 is 34.6 Å². The second-order valence-corrected chi connectivity index (χ2v) is 5.52. The monoisotopic (exact) mass is 349 g/mol. The van der Waals surface area contributed by atoms with Crippen LogP contribution in [0.15, 0.2) is 30.3 Å². The van der Waals surface area contributed by atoms with Crippen LogP contribution in [0.2, 0.25) is 5.02 Å². The number of non-ortho nitro benzene ring substituents is 1. The molecule has 0 radical (unpaired) electrons. The number of aryl methyl sites for hydroxylation is 2. The highest BCUT2D eigenvalue weighted by Gasteiger charge is 2.21. The van der Waals surface area contributed by atoms with Crippen LogP contribution in [0, 0.1) is 34.1 Å². The van der Waals surface area contributed by atoms with Gasteiger partial charge >= 0.3 is 0 Å². The lowest BCUT2D eigenvalue weighted by Crippen LogP contribution is -2.15. The molecule has 8 nitrogen and oxygen atoms in total. The van der Waals surface area contributed by atoms with Gasteiger partial charge in [0.1, 0.15) is 5.69 Å². The fourth-order valence-corrected chi connectivity index (χ4v) is 2.49. The Labute approximate surface area is 141 Å². The standard InChI is InChI=1S/C15H12ClN3O5/c1-8-5-9(2)14(13(6-8)19(23)24)17-15(20)11-4-3-10(18(21)22)7-12(11)16/h3-7H,1-2H3,(H,17,20). The Hall–Kier alpha value is -3.00. The lowest BCUT2D eigenvalue weighted by Gasteiger charge is -2.11. The first kappa shape index (κ1) is 17.4. The molecule has 0 aliphatic heterocycles. The Morgan fingerprint density at radius 1 is 1.08 bits per heavy atom. The van der Waals surface area contributed by atoms with Crippen LogP contribution in [0.25, 0.3) is 0 Å². The van der Waals surface area contributed by atoms with Crippen molar-refractivity contribution in [1.82, 2.24) is 0 Å². The molecule has 0 heterocycles. The van der Waals surface area contributed by atoms with Crippen molar-refractivity contribution in [2.45, 2.75) is 13.8 Å². The summed E-state index contributed by atoms with van der Waals surface area (Å²) in [7, 11) is 0. The maximum absolute atomic E-state index is 12.3. The molecule has 2 aromatic rings. The Bertz CT molecular complexity index is 866. The number of carbonyl (C=O) groups excluding carboxylic acids is 1. The van der Waals surface area contributed by atoms with Crippen molar-refractivity contribution in [3.8, 4) is 0 Å². The molecule has 124 valence electrons. The van der Waals surface area contributed by atoms with Crippen molar-refractivity contribution in [3.63, 3.8) is 0 Å². The minimum atomic E-state index is -0.690. The number of benzene rings is 2. The lowest BCUT2D eigenvalue weighted by molar-refractivity contribution is -0.384. The molecule has 1 N–H and O–H groups in total. The molecule has 0 bridgehead atoms. The summed E-state index contributed by atoms with van der Waals surface area (Å²) in [6, 6.07) is 6.43. The van der Waals surface area contributed by atoms with Gasteiger partial charge in [0.05, 0.1) is 20.4 Å². The SMILES string of the molecule is Cc1cc(C)c(NC(=O)c2ccc([N+](=O)[O-])cc2Cl)c([N+](=O)[O-])c1. The molecule has 0 aliphatic carbocycles. The van der Waals surface area contributed by atoms with Gasteiger partial charge in [-0.15, -0.1) is 0 Å². The summed E-state index contributed by atoms with van der Waals surface area (Å²) < 4.78 is 0. The molecule has 9 heteroatoms. The van der Waals surface area contributed by atoms with E-state index in [0.29, 0.717) is 11.1 Å². The van der Waals surface area contributed by atoms with Crippen LogP contribution < -0.4 is 5.32 Å². The largest absolute Gasteiger partial charge is 0.316 e. The highest BCUT2D eigenvalue weighted by atomic mass is 35.5. The van der Waals surface area contributed by atoms with Gasteiger partial charge in [-0.25, -0.2) is 0 Å². The summed E-state index contributed by atoms with van der Waals surface area (Å²) in [6.07, 6.45) is 0. The number of nitrogens with zero attached hydrogens (tertiary/aromatic N) is 2. The maximum Gasteiger partial charge on any atom is 0.293 e. The van der Waals surface area contributed by atoms with E-state index in [-0.39, 0.29) is 27.6 Å². The summed E-state index contributed by atoms with van der Waals surface area (Å²) in [5.74, 6) is -0.690. The zero-order valence-corrected chi connectivity index (χ0v) is 13.5. The van der Waals surface area contributed by atoms with Gasteiger partial charge in [0.15, 0.2) is 0 Å². The van der Waals surface area contributed by atoms with Crippen LogP contribution in [0.1, 0.15) is 21.5 Å². The smallest absolute Gasteiger partial charge is 0.293 e. The average Bonchev–Trinajstić information content (AvgIpc) is 2.48. The first-order chi connectivity index (χ1) is 11.2.